The van der Waals surface area contributed by atoms with E-state index < -0.39 is 5.97 Å². The largest absolute Gasteiger partial charge is 0.872 e. The number of aryl methyl sites for hydroxylation is 3. The van der Waals surface area contributed by atoms with Gasteiger partial charge in [0, 0.05) is 12.8 Å². The summed E-state index contributed by atoms with van der Waals surface area (Å²) in [7, 11) is 0. The number of aliphatic carboxylic acids is 1. The van der Waals surface area contributed by atoms with E-state index in [4.69, 9.17) is 0 Å². The molecule has 0 spiro atoms. The number of para-hydroxylation sites is 3. The third-order valence-electron chi connectivity index (χ3n) is 8.87. The summed E-state index contributed by atoms with van der Waals surface area (Å²) >= 11 is 0. The van der Waals surface area contributed by atoms with Gasteiger partial charge in [0.15, 0.2) is 0 Å². The van der Waals surface area contributed by atoms with Crippen LogP contribution in [-0.4, -0.2) is 27.8 Å². The molecule has 6 aromatic rings. The molecule has 0 aliphatic heterocycles. The Morgan fingerprint density at radius 2 is 0.900 bits per heavy atom. The molecule has 0 heterocycles. The minimum absolute atomic E-state index is 0.0302. The molecule has 0 unspecified atom stereocenters. The van der Waals surface area contributed by atoms with Crippen molar-refractivity contribution in [3.05, 3.63) is 178 Å². The van der Waals surface area contributed by atoms with E-state index in [-0.39, 0.29) is 23.7 Å². The number of carboxylic acid groups (broad SMARTS) is 1. The first-order valence-electron chi connectivity index (χ1n) is 16.7. The van der Waals surface area contributed by atoms with E-state index in [1.54, 1.807) is 12.1 Å². The first-order valence-corrected chi connectivity index (χ1v) is 16.7. The number of benzene rings is 6. The Morgan fingerprint density at radius 1 is 0.540 bits per heavy atom. The third-order valence-corrected chi connectivity index (χ3v) is 8.87. The summed E-state index contributed by atoms with van der Waals surface area (Å²) in [5, 5.41) is 42.5. The molecule has 6 heteroatoms. The average Bonchev–Trinajstić information content (AvgIpc) is 3.12. The third kappa shape index (κ3) is 8.41. The van der Waals surface area contributed by atoms with Crippen molar-refractivity contribution >= 4 is 23.0 Å². The van der Waals surface area contributed by atoms with Crippen LogP contribution in [0.1, 0.15) is 45.4 Å². The fourth-order valence-electron chi connectivity index (χ4n) is 6.46. The van der Waals surface area contributed by atoms with Gasteiger partial charge in [0.1, 0.15) is 35.1 Å². The van der Waals surface area contributed by atoms with Gasteiger partial charge in [0.2, 0.25) is 0 Å². The molecular formula is C44H43NO5. The molecule has 50 heavy (non-hydrogen) atoms. The first kappa shape index (κ1) is 35.5. The zero-order chi connectivity index (χ0) is 35.7. The van der Waals surface area contributed by atoms with Crippen LogP contribution >= 0.6 is 0 Å². The maximum absolute atomic E-state index is 13.0. The minimum atomic E-state index is -0.791. The Labute approximate surface area is 294 Å². The number of rotatable bonds is 10. The number of hydrogen-bond acceptors (Lipinski definition) is 4. The Morgan fingerprint density at radius 3 is 1.26 bits per heavy atom. The lowest BCUT2D eigenvalue weighted by atomic mass is 9.94. The van der Waals surface area contributed by atoms with E-state index in [1.807, 2.05) is 112 Å². The molecule has 0 saturated heterocycles. The van der Waals surface area contributed by atoms with Gasteiger partial charge in [0.25, 0.3) is 0 Å². The Bertz CT molecular complexity index is 1870. The smallest absolute Gasteiger partial charge is 0.309 e. The standard InChI is InChI=1S/C23H24O3.C21H19NO2/c1-14-4-6-21(24)17(8-14)12-19-10-16(3)11-20(23(19)26)13-18-9-15(2)5-7-22(18)25;23-21(24)16-17-22(18-10-4-1-5-11-18,19-12-6-2-7-13-19)20-14-8-3-9-15-20/h4-11,24-26H,12-13H2,1-3H3;1-15H,16-17H2. The van der Waals surface area contributed by atoms with Crippen LogP contribution in [0.5, 0.6) is 17.2 Å². The SMILES string of the molecule is Cc1ccc(O)c(Cc2cc(C)cc(Cc3cc(C)ccc3O)c2[O-])c1.O=C(O)CC[N+](c1ccccc1)(c1ccccc1)c1ccccc1. The Hall–Kier alpha value is -5.85. The predicted octanol–water partition coefficient (Wildman–Crippen LogP) is 9.41. The van der Waals surface area contributed by atoms with Crippen molar-refractivity contribution in [2.45, 2.75) is 40.0 Å². The fraction of sp³-hybridized carbons (Fsp3) is 0.159. The van der Waals surface area contributed by atoms with Crippen molar-refractivity contribution in [3.63, 3.8) is 0 Å². The van der Waals surface area contributed by atoms with Crippen LogP contribution in [0.15, 0.2) is 140 Å². The highest BCUT2D eigenvalue weighted by Crippen LogP contribution is 2.43. The van der Waals surface area contributed by atoms with Gasteiger partial charge < -0.3 is 20.4 Å². The topological polar surface area (TPSA) is 101 Å². The number of carboxylic acids is 1. The highest BCUT2D eigenvalue weighted by molar-refractivity contribution is 5.74. The number of nitrogens with zero attached hydrogens (tertiary/aromatic N) is 1. The maximum Gasteiger partial charge on any atom is 0.309 e. The lowest BCUT2D eigenvalue weighted by Gasteiger charge is -2.37. The number of carbonyl (C=O) groups is 1. The van der Waals surface area contributed by atoms with Gasteiger partial charge >= 0.3 is 5.97 Å². The van der Waals surface area contributed by atoms with E-state index in [0.29, 0.717) is 35.0 Å². The van der Waals surface area contributed by atoms with Crippen LogP contribution < -0.4 is 9.59 Å². The lowest BCUT2D eigenvalue weighted by molar-refractivity contribution is -0.270. The Kier molecular flexibility index (Phi) is 11.4. The number of aromatic hydroxyl groups is 2. The van der Waals surface area contributed by atoms with E-state index in [1.165, 1.54) is 0 Å². The second kappa shape index (κ2) is 16.0. The molecule has 0 atom stereocenters. The number of phenolic OH excluding ortho intramolecular Hbond substituents is 2. The van der Waals surface area contributed by atoms with E-state index >= 15 is 0 Å². The van der Waals surface area contributed by atoms with Crippen molar-refractivity contribution < 1.29 is 25.2 Å². The van der Waals surface area contributed by atoms with Crippen molar-refractivity contribution in [2.24, 2.45) is 0 Å². The molecular weight excluding hydrogens is 622 g/mol. The normalized spacial score (nSPS) is 11.0. The molecule has 0 amide bonds. The summed E-state index contributed by atoms with van der Waals surface area (Å²) < 4.78 is 0.384. The van der Waals surface area contributed by atoms with E-state index in [9.17, 15) is 25.2 Å². The molecule has 254 valence electrons. The van der Waals surface area contributed by atoms with Crippen LogP contribution in [0.2, 0.25) is 0 Å². The highest BCUT2D eigenvalue weighted by atomic mass is 16.4. The number of phenols is 2. The highest BCUT2D eigenvalue weighted by Gasteiger charge is 2.36. The summed E-state index contributed by atoms with van der Waals surface area (Å²) in [4.78, 5) is 11.3. The van der Waals surface area contributed by atoms with Crippen LogP contribution in [-0.2, 0) is 17.6 Å². The van der Waals surface area contributed by atoms with Crippen LogP contribution in [0.25, 0.3) is 0 Å². The molecule has 6 aromatic carbocycles. The van der Waals surface area contributed by atoms with Gasteiger partial charge in [0.05, 0.1) is 6.42 Å². The molecule has 0 aliphatic rings. The zero-order valence-electron chi connectivity index (χ0n) is 28.7. The summed E-state index contributed by atoms with van der Waals surface area (Å²) in [6.07, 6.45) is 0.861. The fourth-order valence-corrected chi connectivity index (χ4v) is 6.46. The average molecular weight is 666 g/mol. The van der Waals surface area contributed by atoms with Crippen molar-refractivity contribution in [1.29, 1.82) is 0 Å². The lowest BCUT2D eigenvalue weighted by Crippen LogP contribution is -2.40. The first-order chi connectivity index (χ1) is 24.1. The maximum atomic E-state index is 13.0. The van der Waals surface area contributed by atoms with Crippen LogP contribution in [0.3, 0.4) is 0 Å². The Balaban J connectivity index is 0.000000195. The van der Waals surface area contributed by atoms with E-state index in [2.05, 4.69) is 36.4 Å². The van der Waals surface area contributed by atoms with Crippen LogP contribution in [0.4, 0.5) is 17.1 Å². The van der Waals surface area contributed by atoms with Crippen molar-refractivity contribution in [3.8, 4) is 17.2 Å². The zero-order valence-corrected chi connectivity index (χ0v) is 28.7. The summed E-state index contributed by atoms with van der Waals surface area (Å²) in [6, 6.07) is 44.8. The summed E-state index contributed by atoms with van der Waals surface area (Å²) in [5.74, 6) is -0.415. The van der Waals surface area contributed by atoms with Crippen molar-refractivity contribution in [1.82, 2.24) is 4.48 Å². The molecule has 0 aromatic heterocycles. The monoisotopic (exact) mass is 665 g/mol. The van der Waals surface area contributed by atoms with Crippen LogP contribution in [0, 0.1) is 20.8 Å². The summed E-state index contributed by atoms with van der Waals surface area (Å²) in [5.41, 5.74) is 9.05. The van der Waals surface area contributed by atoms with Gasteiger partial charge in [-0.1, -0.05) is 119 Å². The van der Waals surface area contributed by atoms with Gasteiger partial charge in [-0.05, 0) is 80.4 Å². The predicted molar refractivity (Wildman–Crippen MR) is 199 cm³/mol. The minimum Gasteiger partial charge on any atom is -0.872 e. The molecule has 3 N–H and O–H groups in total. The van der Waals surface area contributed by atoms with Crippen molar-refractivity contribution in [2.75, 3.05) is 6.54 Å². The van der Waals surface area contributed by atoms with Gasteiger partial charge in [-0.15, -0.1) is 5.75 Å². The molecule has 6 rings (SSSR count). The van der Waals surface area contributed by atoms with Gasteiger partial charge in [-0.3, -0.25) is 4.79 Å². The second-order valence-electron chi connectivity index (χ2n) is 12.7. The molecule has 6 nitrogen and oxygen atoms in total. The molecule has 0 fully saturated rings. The number of hydrogen-bond donors (Lipinski definition) is 3. The van der Waals surface area contributed by atoms with Gasteiger partial charge in [-0.25, -0.2) is 4.48 Å². The van der Waals surface area contributed by atoms with E-state index in [0.717, 1.165) is 44.9 Å². The summed E-state index contributed by atoms with van der Waals surface area (Å²) in [6.45, 7) is 6.33. The molecule has 0 radical (unpaired) electrons. The quantitative estimate of drug-likeness (QED) is 0.127. The second-order valence-corrected chi connectivity index (χ2v) is 12.7. The molecule has 0 saturated carbocycles. The molecule has 0 aliphatic carbocycles. The van der Waals surface area contributed by atoms with Gasteiger partial charge in [-0.2, -0.15) is 0 Å². The number of quaternary nitrogens is 1. The molecule has 0 bridgehead atoms.